The third kappa shape index (κ3) is 3.92. The van der Waals surface area contributed by atoms with Gasteiger partial charge in [-0.05, 0) is 42.7 Å². The Hall–Kier alpha value is -2.13. The third-order valence-electron chi connectivity index (χ3n) is 3.40. The van der Waals surface area contributed by atoms with E-state index in [1.165, 1.54) is 0 Å². The number of carbonyl (C=O) groups excluding carboxylic acids is 1. The second kappa shape index (κ2) is 7.04. The molecule has 0 aromatic heterocycles. The van der Waals surface area contributed by atoms with Gasteiger partial charge in [0.25, 0.3) is 0 Å². The molecule has 0 fully saturated rings. The van der Waals surface area contributed by atoms with Crippen LogP contribution in [0.1, 0.15) is 31.9 Å². The monoisotopic (exact) mass is 284 g/mol. The summed E-state index contributed by atoms with van der Waals surface area (Å²) in [7, 11) is 0. The standard InChI is InChI=1S/C18H20O3/c1-3-21-18(20)13(2)8-11-17(19)16-10-9-14-6-4-5-7-15(14)12-16/h4-10,12,17,19H,3,11H2,1-2H3/b13-8+/t17-/m0/s1. The van der Waals surface area contributed by atoms with Gasteiger partial charge in [0.2, 0.25) is 0 Å². The predicted molar refractivity (Wildman–Crippen MR) is 83.9 cm³/mol. The molecular formula is C18H20O3. The molecule has 1 N–H and O–H groups in total. The Morgan fingerprint density at radius 1 is 1.24 bits per heavy atom. The van der Waals surface area contributed by atoms with Gasteiger partial charge in [0, 0.05) is 5.57 Å². The summed E-state index contributed by atoms with van der Waals surface area (Å²) in [5.41, 5.74) is 1.37. The second-order valence-corrected chi connectivity index (χ2v) is 4.97. The van der Waals surface area contributed by atoms with Crippen LogP contribution in [-0.4, -0.2) is 17.7 Å². The van der Waals surface area contributed by atoms with Gasteiger partial charge in [0.05, 0.1) is 12.7 Å². The molecule has 0 saturated carbocycles. The smallest absolute Gasteiger partial charge is 0.333 e. The fourth-order valence-corrected chi connectivity index (χ4v) is 2.17. The van der Waals surface area contributed by atoms with Gasteiger partial charge in [-0.3, -0.25) is 0 Å². The summed E-state index contributed by atoms with van der Waals surface area (Å²) in [4.78, 5) is 11.5. The first kappa shape index (κ1) is 15.3. The molecule has 0 radical (unpaired) electrons. The number of hydrogen-bond acceptors (Lipinski definition) is 3. The summed E-state index contributed by atoms with van der Waals surface area (Å²) in [6, 6.07) is 13.9. The molecule has 2 aromatic rings. The molecule has 1 atom stereocenters. The highest BCUT2D eigenvalue weighted by Gasteiger charge is 2.09. The van der Waals surface area contributed by atoms with E-state index in [9.17, 15) is 9.90 Å². The van der Waals surface area contributed by atoms with Crippen molar-refractivity contribution in [3.8, 4) is 0 Å². The molecule has 0 aliphatic carbocycles. The maximum atomic E-state index is 11.5. The van der Waals surface area contributed by atoms with Crippen LogP contribution in [0, 0.1) is 0 Å². The van der Waals surface area contributed by atoms with Gasteiger partial charge in [-0.25, -0.2) is 4.79 Å². The normalized spacial score (nSPS) is 13.2. The van der Waals surface area contributed by atoms with Crippen molar-refractivity contribution < 1.29 is 14.6 Å². The molecule has 3 heteroatoms. The summed E-state index contributed by atoms with van der Waals surface area (Å²) < 4.78 is 4.91. The van der Waals surface area contributed by atoms with E-state index in [1.54, 1.807) is 19.9 Å². The van der Waals surface area contributed by atoms with E-state index >= 15 is 0 Å². The van der Waals surface area contributed by atoms with Crippen LogP contribution in [0.15, 0.2) is 54.1 Å². The lowest BCUT2D eigenvalue weighted by Crippen LogP contribution is -2.05. The Morgan fingerprint density at radius 2 is 1.95 bits per heavy atom. The van der Waals surface area contributed by atoms with E-state index in [-0.39, 0.29) is 5.97 Å². The molecule has 0 aliphatic rings. The first-order valence-corrected chi connectivity index (χ1v) is 7.12. The number of aliphatic hydroxyl groups excluding tert-OH is 1. The number of aliphatic hydroxyl groups is 1. The molecule has 2 aromatic carbocycles. The van der Waals surface area contributed by atoms with Gasteiger partial charge in [-0.2, -0.15) is 0 Å². The first-order chi connectivity index (χ1) is 10.1. The summed E-state index contributed by atoms with van der Waals surface area (Å²) in [5.74, 6) is -0.330. The Balaban J connectivity index is 2.09. The largest absolute Gasteiger partial charge is 0.463 e. The first-order valence-electron chi connectivity index (χ1n) is 7.12. The number of fused-ring (bicyclic) bond motifs is 1. The molecule has 0 aliphatic heterocycles. The molecule has 2 rings (SSSR count). The van der Waals surface area contributed by atoms with Gasteiger partial charge in [0.15, 0.2) is 0 Å². The highest BCUT2D eigenvalue weighted by molar-refractivity contribution is 5.87. The van der Waals surface area contributed by atoms with E-state index in [1.807, 2.05) is 42.5 Å². The molecular weight excluding hydrogens is 264 g/mol. The van der Waals surface area contributed by atoms with Crippen LogP contribution in [0.2, 0.25) is 0 Å². The molecule has 0 bridgehead atoms. The highest BCUT2D eigenvalue weighted by atomic mass is 16.5. The van der Waals surface area contributed by atoms with Crippen LogP contribution < -0.4 is 0 Å². The van der Waals surface area contributed by atoms with E-state index in [4.69, 9.17) is 4.74 Å². The van der Waals surface area contributed by atoms with E-state index < -0.39 is 6.10 Å². The lowest BCUT2D eigenvalue weighted by molar-refractivity contribution is -0.138. The van der Waals surface area contributed by atoms with Crippen molar-refractivity contribution in [2.24, 2.45) is 0 Å². The number of rotatable bonds is 5. The van der Waals surface area contributed by atoms with Crippen molar-refractivity contribution in [1.29, 1.82) is 0 Å². The zero-order chi connectivity index (χ0) is 15.2. The fraction of sp³-hybridized carbons (Fsp3) is 0.278. The molecule has 0 amide bonds. The van der Waals surface area contributed by atoms with Crippen molar-refractivity contribution in [1.82, 2.24) is 0 Å². The summed E-state index contributed by atoms with van der Waals surface area (Å²) >= 11 is 0. The van der Waals surface area contributed by atoms with E-state index in [0.29, 0.717) is 18.6 Å². The Bertz CT molecular complexity index is 658. The summed E-state index contributed by atoms with van der Waals surface area (Å²) in [5, 5.41) is 12.5. The minimum Gasteiger partial charge on any atom is -0.463 e. The zero-order valence-electron chi connectivity index (χ0n) is 12.4. The van der Waals surface area contributed by atoms with Crippen molar-refractivity contribution in [2.45, 2.75) is 26.4 Å². The average Bonchev–Trinajstić information content (AvgIpc) is 2.52. The quantitative estimate of drug-likeness (QED) is 0.671. The maximum Gasteiger partial charge on any atom is 0.333 e. The van der Waals surface area contributed by atoms with Gasteiger partial charge >= 0.3 is 5.97 Å². The van der Waals surface area contributed by atoms with Gasteiger partial charge in [-0.1, -0.05) is 42.5 Å². The molecule has 0 saturated heterocycles. The topological polar surface area (TPSA) is 46.5 Å². The van der Waals surface area contributed by atoms with Crippen LogP contribution in [-0.2, 0) is 9.53 Å². The number of esters is 1. The Morgan fingerprint density at radius 3 is 2.67 bits per heavy atom. The number of carbonyl (C=O) groups is 1. The molecule has 110 valence electrons. The lowest BCUT2D eigenvalue weighted by Gasteiger charge is -2.10. The fourth-order valence-electron chi connectivity index (χ4n) is 2.17. The minimum absolute atomic E-state index is 0.330. The molecule has 0 spiro atoms. The predicted octanol–water partition coefficient (Wildman–Crippen LogP) is 3.77. The highest BCUT2D eigenvalue weighted by Crippen LogP contribution is 2.23. The van der Waals surface area contributed by atoms with E-state index in [2.05, 4.69) is 0 Å². The lowest BCUT2D eigenvalue weighted by atomic mass is 10.0. The van der Waals surface area contributed by atoms with Crippen LogP contribution >= 0.6 is 0 Å². The SMILES string of the molecule is CCOC(=O)/C(C)=C/C[C@H](O)c1ccc2ccccc2c1. The second-order valence-electron chi connectivity index (χ2n) is 4.97. The number of hydrogen-bond donors (Lipinski definition) is 1. The Kier molecular flexibility index (Phi) is 5.12. The van der Waals surface area contributed by atoms with Crippen molar-refractivity contribution in [2.75, 3.05) is 6.61 Å². The zero-order valence-corrected chi connectivity index (χ0v) is 12.4. The van der Waals surface area contributed by atoms with Gasteiger partial charge < -0.3 is 9.84 Å². The number of ether oxygens (including phenoxy) is 1. The Labute approximate surface area is 124 Å². The van der Waals surface area contributed by atoms with Crippen molar-refractivity contribution in [3.63, 3.8) is 0 Å². The summed E-state index contributed by atoms with van der Waals surface area (Å²) in [6.07, 6.45) is 1.49. The van der Waals surface area contributed by atoms with Crippen LogP contribution in [0.4, 0.5) is 0 Å². The van der Waals surface area contributed by atoms with Gasteiger partial charge in [-0.15, -0.1) is 0 Å². The minimum atomic E-state index is -0.626. The molecule has 3 nitrogen and oxygen atoms in total. The molecule has 0 heterocycles. The summed E-state index contributed by atoms with van der Waals surface area (Å²) in [6.45, 7) is 3.83. The molecule has 0 unspecified atom stereocenters. The third-order valence-corrected chi connectivity index (χ3v) is 3.40. The molecule has 21 heavy (non-hydrogen) atoms. The van der Waals surface area contributed by atoms with Crippen LogP contribution in [0.3, 0.4) is 0 Å². The van der Waals surface area contributed by atoms with E-state index in [0.717, 1.165) is 16.3 Å². The van der Waals surface area contributed by atoms with Crippen LogP contribution in [0.25, 0.3) is 10.8 Å². The van der Waals surface area contributed by atoms with Crippen molar-refractivity contribution >= 4 is 16.7 Å². The van der Waals surface area contributed by atoms with Gasteiger partial charge in [0.1, 0.15) is 0 Å². The number of benzene rings is 2. The van der Waals surface area contributed by atoms with Crippen molar-refractivity contribution in [3.05, 3.63) is 59.7 Å². The average molecular weight is 284 g/mol. The van der Waals surface area contributed by atoms with Crippen LogP contribution in [0.5, 0.6) is 0 Å². The maximum absolute atomic E-state index is 11.5.